The van der Waals surface area contributed by atoms with E-state index in [1.807, 2.05) is 6.07 Å². The lowest BCUT2D eigenvalue weighted by Gasteiger charge is -2.08. The zero-order valence-corrected chi connectivity index (χ0v) is 11.6. The van der Waals surface area contributed by atoms with E-state index < -0.39 is 18.1 Å². The molecule has 0 aliphatic carbocycles. The number of nitriles is 1. The molecule has 0 fully saturated rings. The Kier molecular flexibility index (Phi) is 5.40. The van der Waals surface area contributed by atoms with E-state index in [2.05, 4.69) is 4.98 Å². The molecule has 0 spiro atoms. The van der Waals surface area contributed by atoms with Gasteiger partial charge in [-0.25, -0.2) is 13.8 Å². The molecule has 0 radical (unpaired) electrons. The van der Waals surface area contributed by atoms with Crippen molar-refractivity contribution >= 4 is 28.6 Å². The molecular formula is C11H9F2IN2O2. The Morgan fingerprint density at radius 3 is 2.83 bits per heavy atom. The van der Waals surface area contributed by atoms with E-state index in [4.69, 9.17) is 10.00 Å². The molecule has 0 aliphatic rings. The molecule has 1 heterocycles. The highest BCUT2D eigenvalue weighted by Crippen LogP contribution is 2.23. The zero-order chi connectivity index (χ0) is 13.7. The van der Waals surface area contributed by atoms with E-state index in [0.29, 0.717) is 3.57 Å². The first-order chi connectivity index (χ1) is 8.49. The summed E-state index contributed by atoms with van der Waals surface area (Å²) in [5.41, 5.74) is -0.288. The molecule has 0 aliphatic heterocycles. The summed E-state index contributed by atoms with van der Waals surface area (Å²) in [6, 6.07) is 2.99. The second-order valence-corrected chi connectivity index (χ2v) is 4.41. The predicted octanol–water partition coefficient (Wildman–Crippen LogP) is 2.60. The van der Waals surface area contributed by atoms with Crippen LogP contribution in [0.15, 0.2) is 6.07 Å². The molecule has 0 bridgehead atoms. The van der Waals surface area contributed by atoms with Gasteiger partial charge in [0.2, 0.25) is 0 Å². The zero-order valence-electron chi connectivity index (χ0n) is 9.41. The van der Waals surface area contributed by atoms with Crippen molar-refractivity contribution in [2.45, 2.75) is 19.8 Å². The summed E-state index contributed by atoms with van der Waals surface area (Å²) in [6.45, 7) is 1.82. The van der Waals surface area contributed by atoms with Crippen LogP contribution in [0, 0.1) is 14.9 Å². The summed E-state index contributed by atoms with van der Waals surface area (Å²) < 4.78 is 30.2. The van der Waals surface area contributed by atoms with Crippen LogP contribution in [0.25, 0.3) is 0 Å². The van der Waals surface area contributed by atoms with Crippen molar-refractivity contribution in [1.29, 1.82) is 5.26 Å². The van der Waals surface area contributed by atoms with Gasteiger partial charge in [0.05, 0.1) is 24.3 Å². The lowest BCUT2D eigenvalue weighted by Crippen LogP contribution is -2.12. The number of esters is 1. The SMILES string of the molecule is CCOC(=O)Cc1nc(C(F)F)cc(I)c1C#N. The summed E-state index contributed by atoms with van der Waals surface area (Å²) in [7, 11) is 0. The van der Waals surface area contributed by atoms with Crippen LogP contribution in [0.1, 0.15) is 30.3 Å². The average Bonchev–Trinajstić information content (AvgIpc) is 2.28. The molecule has 1 rings (SSSR count). The van der Waals surface area contributed by atoms with Gasteiger partial charge in [0.25, 0.3) is 6.43 Å². The van der Waals surface area contributed by atoms with E-state index >= 15 is 0 Å². The van der Waals surface area contributed by atoms with E-state index in [9.17, 15) is 13.6 Å². The van der Waals surface area contributed by atoms with Gasteiger partial charge in [0, 0.05) is 3.57 Å². The van der Waals surface area contributed by atoms with Crippen LogP contribution in [0.3, 0.4) is 0 Å². The standard InChI is InChI=1S/C11H9F2IN2O2/c1-2-18-10(17)4-8-6(5-15)7(14)3-9(16-8)11(12)13/h3,11H,2,4H2,1H3. The van der Waals surface area contributed by atoms with Crippen LogP contribution < -0.4 is 0 Å². The minimum atomic E-state index is -2.74. The summed E-state index contributed by atoms with van der Waals surface area (Å²) in [5.74, 6) is -0.594. The minimum Gasteiger partial charge on any atom is -0.466 e. The van der Waals surface area contributed by atoms with Crippen LogP contribution in [0.4, 0.5) is 8.78 Å². The van der Waals surface area contributed by atoms with Crippen molar-refractivity contribution in [3.05, 3.63) is 26.6 Å². The van der Waals surface area contributed by atoms with Crippen molar-refractivity contribution in [1.82, 2.24) is 4.98 Å². The Morgan fingerprint density at radius 1 is 1.67 bits per heavy atom. The fourth-order valence-electron chi connectivity index (χ4n) is 1.29. The topological polar surface area (TPSA) is 63.0 Å². The predicted molar refractivity (Wildman–Crippen MR) is 67.0 cm³/mol. The Hall–Kier alpha value is -1.30. The maximum Gasteiger partial charge on any atom is 0.311 e. The number of carbonyl (C=O) groups excluding carboxylic acids is 1. The molecule has 0 saturated heterocycles. The largest absolute Gasteiger partial charge is 0.466 e. The van der Waals surface area contributed by atoms with Gasteiger partial charge in [-0.05, 0) is 35.6 Å². The number of halogens is 3. The van der Waals surface area contributed by atoms with Gasteiger partial charge < -0.3 is 4.74 Å². The lowest BCUT2D eigenvalue weighted by atomic mass is 10.1. The highest BCUT2D eigenvalue weighted by Gasteiger charge is 2.18. The maximum absolute atomic E-state index is 12.6. The van der Waals surface area contributed by atoms with Crippen molar-refractivity contribution < 1.29 is 18.3 Å². The third-order valence-corrected chi connectivity index (χ3v) is 2.87. The van der Waals surface area contributed by atoms with E-state index in [1.165, 1.54) is 0 Å². The van der Waals surface area contributed by atoms with Gasteiger partial charge in [-0.1, -0.05) is 0 Å². The molecule has 1 aromatic rings. The van der Waals surface area contributed by atoms with Crippen molar-refractivity contribution in [2.24, 2.45) is 0 Å². The smallest absolute Gasteiger partial charge is 0.311 e. The van der Waals surface area contributed by atoms with E-state index in [1.54, 1.807) is 29.5 Å². The molecule has 7 heteroatoms. The first kappa shape index (κ1) is 14.8. The van der Waals surface area contributed by atoms with Crippen LogP contribution in [0.2, 0.25) is 0 Å². The lowest BCUT2D eigenvalue weighted by molar-refractivity contribution is -0.142. The molecular weight excluding hydrogens is 357 g/mol. The third kappa shape index (κ3) is 3.60. The molecule has 0 amide bonds. The second kappa shape index (κ2) is 6.58. The Morgan fingerprint density at radius 2 is 2.33 bits per heavy atom. The Bertz CT molecular complexity index is 501. The fraction of sp³-hybridized carbons (Fsp3) is 0.364. The molecule has 0 unspecified atom stereocenters. The summed E-state index contributed by atoms with van der Waals surface area (Å²) in [6.07, 6.45) is -3.03. The molecule has 0 aromatic carbocycles. The monoisotopic (exact) mass is 366 g/mol. The van der Waals surface area contributed by atoms with Gasteiger partial charge in [-0.3, -0.25) is 4.79 Å². The van der Waals surface area contributed by atoms with Crippen molar-refractivity contribution in [3.8, 4) is 6.07 Å². The number of carbonyl (C=O) groups is 1. The second-order valence-electron chi connectivity index (χ2n) is 3.24. The van der Waals surface area contributed by atoms with Gasteiger partial charge in [-0.15, -0.1) is 0 Å². The van der Waals surface area contributed by atoms with E-state index in [-0.39, 0.29) is 24.3 Å². The quantitative estimate of drug-likeness (QED) is 0.607. The van der Waals surface area contributed by atoms with Gasteiger partial charge in [-0.2, -0.15) is 5.26 Å². The average molecular weight is 366 g/mol. The highest BCUT2D eigenvalue weighted by atomic mass is 127. The molecule has 4 nitrogen and oxygen atoms in total. The number of rotatable bonds is 4. The highest BCUT2D eigenvalue weighted by molar-refractivity contribution is 14.1. The van der Waals surface area contributed by atoms with E-state index in [0.717, 1.165) is 6.07 Å². The summed E-state index contributed by atoms with van der Waals surface area (Å²) >= 11 is 1.77. The Labute approximate surface area is 116 Å². The van der Waals surface area contributed by atoms with Gasteiger partial charge in [0.1, 0.15) is 11.8 Å². The van der Waals surface area contributed by atoms with Gasteiger partial charge in [0.15, 0.2) is 0 Å². The number of alkyl halides is 2. The maximum atomic E-state index is 12.6. The molecule has 1 aromatic heterocycles. The number of hydrogen-bond acceptors (Lipinski definition) is 4. The number of hydrogen-bond donors (Lipinski definition) is 0. The summed E-state index contributed by atoms with van der Waals surface area (Å²) in [5, 5.41) is 8.94. The molecule has 96 valence electrons. The number of pyridine rings is 1. The third-order valence-electron chi connectivity index (χ3n) is 2.02. The van der Waals surface area contributed by atoms with Crippen LogP contribution >= 0.6 is 22.6 Å². The molecule has 18 heavy (non-hydrogen) atoms. The molecule has 0 atom stereocenters. The molecule has 0 N–H and O–H groups in total. The summed E-state index contributed by atoms with van der Waals surface area (Å²) in [4.78, 5) is 15.0. The fourth-order valence-corrected chi connectivity index (χ4v) is 2.04. The van der Waals surface area contributed by atoms with Gasteiger partial charge >= 0.3 is 5.97 Å². The van der Waals surface area contributed by atoms with Crippen LogP contribution in [-0.4, -0.2) is 17.6 Å². The number of nitrogens with zero attached hydrogens (tertiary/aromatic N) is 2. The number of ether oxygens (including phenoxy) is 1. The Balaban J connectivity index is 3.15. The minimum absolute atomic E-state index is 0.0261. The van der Waals surface area contributed by atoms with Crippen LogP contribution in [0.5, 0.6) is 0 Å². The normalized spacial score (nSPS) is 10.2. The number of aromatic nitrogens is 1. The van der Waals surface area contributed by atoms with Crippen molar-refractivity contribution in [2.75, 3.05) is 6.61 Å². The molecule has 0 saturated carbocycles. The van der Waals surface area contributed by atoms with Crippen molar-refractivity contribution in [3.63, 3.8) is 0 Å². The first-order valence-corrected chi connectivity index (χ1v) is 6.10. The first-order valence-electron chi connectivity index (χ1n) is 5.02. The van der Waals surface area contributed by atoms with Crippen LogP contribution in [-0.2, 0) is 16.0 Å².